The first-order valence-corrected chi connectivity index (χ1v) is 12.9. The maximum absolute atomic E-state index is 15.4. The maximum atomic E-state index is 15.4. The molecule has 1 aliphatic heterocycles. The molecule has 0 radical (unpaired) electrons. The van der Waals surface area contributed by atoms with Crippen LogP contribution in [-0.4, -0.2) is 24.0 Å². The molecular formula is C30H23ClF5N3O3. The molecule has 0 saturated carbocycles. The zero-order valence-electron chi connectivity index (χ0n) is 22.1. The first-order chi connectivity index (χ1) is 19.7. The van der Waals surface area contributed by atoms with Gasteiger partial charge in [-0.25, -0.2) is 13.6 Å². The number of benzene rings is 4. The van der Waals surface area contributed by atoms with E-state index >= 15 is 4.39 Å². The van der Waals surface area contributed by atoms with E-state index in [1.165, 1.54) is 24.3 Å². The molecule has 0 aromatic heterocycles. The maximum Gasteiger partial charge on any atom is 0.573 e. The monoisotopic (exact) mass is 603 g/mol. The lowest BCUT2D eigenvalue weighted by molar-refractivity contribution is -0.274. The van der Waals surface area contributed by atoms with E-state index in [9.17, 15) is 27.5 Å². The van der Waals surface area contributed by atoms with Crippen LogP contribution in [0.25, 0.3) is 11.1 Å². The predicted molar refractivity (Wildman–Crippen MR) is 151 cm³/mol. The molecular weight excluding hydrogens is 581 g/mol. The van der Waals surface area contributed by atoms with Crippen LogP contribution in [0.4, 0.5) is 49.5 Å². The van der Waals surface area contributed by atoms with Gasteiger partial charge in [-0.2, -0.15) is 0 Å². The van der Waals surface area contributed by atoms with Crippen molar-refractivity contribution in [1.82, 2.24) is 0 Å². The molecule has 0 spiro atoms. The van der Waals surface area contributed by atoms with Crippen molar-refractivity contribution in [2.75, 3.05) is 22.1 Å². The third kappa shape index (κ3) is 5.78. The lowest BCUT2D eigenvalue weighted by Gasteiger charge is -2.25. The molecule has 0 aliphatic carbocycles. The summed E-state index contributed by atoms with van der Waals surface area (Å²) in [6.07, 6.45) is -4.84. The van der Waals surface area contributed by atoms with Crippen molar-refractivity contribution in [2.45, 2.75) is 25.6 Å². The Balaban J connectivity index is 1.47. The summed E-state index contributed by atoms with van der Waals surface area (Å²) in [5, 5.41) is 16.0. The molecule has 2 amide bonds. The molecule has 218 valence electrons. The van der Waals surface area contributed by atoms with Gasteiger partial charge in [0.25, 0.3) is 0 Å². The van der Waals surface area contributed by atoms with Crippen LogP contribution in [0.1, 0.15) is 19.4 Å². The van der Waals surface area contributed by atoms with Gasteiger partial charge < -0.3 is 25.4 Å². The minimum atomic E-state index is -4.84. The Hall–Kier alpha value is -4.51. The Labute approximate surface area is 242 Å². The largest absolute Gasteiger partial charge is 0.573 e. The number of carbonyl (C=O) groups excluding carboxylic acids is 1. The van der Waals surface area contributed by atoms with Gasteiger partial charge in [0.05, 0.1) is 22.1 Å². The molecule has 0 atom stereocenters. The van der Waals surface area contributed by atoms with E-state index < -0.39 is 35.2 Å². The zero-order chi connectivity index (χ0) is 30.4. The van der Waals surface area contributed by atoms with Crippen LogP contribution >= 0.6 is 11.6 Å². The van der Waals surface area contributed by atoms with Crippen LogP contribution in [0, 0.1) is 11.6 Å². The van der Waals surface area contributed by atoms with Crippen molar-refractivity contribution in [3.05, 3.63) is 95.0 Å². The number of para-hydroxylation sites is 2. The number of hydrogen-bond donors (Lipinski definition) is 3. The zero-order valence-corrected chi connectivity index (χ0v) is 22.9. The number of ether oxygens (including phenoxy) is 1. The number of halogens is 6. The highest BCUT2D eigenvalue weighted by Crippen LogP contribution is 2.54. The minimum Gasteiger partial charge on any atom is -0.506 e. The van der Waals surface area contributed by atoms with Crippen molar-refractivity contribution in [2.24, 2.45) is 0 Å². The molecule has 6 nitrogen and oxygen atoms in total. The number of phenolic OH excluding ortho intramolecular Hbond substituents is 1. The van der Waals surface area contributed by atoms with E-state index in [0.717, 1.165) is 24.3 Å². The van der Waals surface area contributed by atoms with Crippen LogP contribution in [0.2, 0.25) is 5.02 Å². The number of urea groups is 1. The lowest BCUT2D eigenvalue weighted by Crippen LogP contribution is -2.27. The van der Waals surface area contributed by atoms with Crippen LogP contribution in [0.5, 0.6) is 11.5 Å². The molecule has 0 bridgehead atoms. The Morgan fingerprint density at radius 2 is 1.67 bits per heavy atom. The van der Waals surface area contributed by atoms with E-state index in [2.05, 4.69) is 15.4 Å². The van der Waals surface area contributed by atoms with Crippen molar-refractivity contribution in [3.63, 3.8) is 0 Å². The third-order valence-corrected chi connectivity index (χ3v) is 7.02. The third-order valence-electron chi connectivity index (χ3n) is 6.73. The van der Waals surface area contributed by atoms with Gasteiger partial charge in [-0.05, 0) is 59.7 Å². The predicted octanol–water partition coefficient (Wildman–Crippen LogP) is 8.96. The number of nitrogens with one attached hydrogen (secondary N) is 2. The number of alkyl halides is 3. The van der Waals surface area contributed by atoms with E-state index in [1.807, 2.05) is 13.8 Å². The highest BCUT2D eigenvalue weighted by Gasteiger charge is 2.42. The lowest BCUT2D eigenvalue weighted by atomic mass is 9.81. The first kappa shape index (κ1) is 29.0. The number of anilines is 4. The molecule has 3 N–H and O–H groups in total. The van der Waals surface area contributed by atoms with Crippen molar-refractivity contribution in [1.29, 1.82) is 0 Å². The second kappa shape index (κ2) is 10.7. The average Bonchev–Trinajstić information content (AvgIpc) is 3.18. The van der Waals surface area contributed by atoms with Gasteiger partial charge in [0.1, 0.15) is 23.1 Å². The molecule has 4 aromatic carbocycles. The van der Waals surface area contributed by atoms with Gasteiger partial charge in [-0.1, -0.05) is 43.6 Å². The van der Waals surface area contributed by atoms with E-state index in [4.69, 9.17) is 11.6 Å². The molecule has 42 heavy (non-hydrogen) atoms. The second-order valence-corrected chi connectivity index (χ2v) is 10.7. The van der Waals surface area contributed by atoms with Crippen LogP contribution < -0.4 is 20.3 Å². The molecule has 0 unspecified atom stereocenters. The van der Waals surface area contributed by atoms with Gasteiger partial charge in [0.15, 0.2) is 0 Å². The highest BCUT2D eigenvalue weighted by atomic mass is 35.5. The summed E-state index contributed by atoms with van der Waals surface area (Å²) in [7, 11) is 0. The number of rotatable bonds is 5. The van der Waals surface area contributed by atoms with E-state index in [0.29, 0.717) is 28.2 Å². The minimum absolute atomic E-state index is 0.165. The highest BCUT2D eigenvalue weighted by molar-refractivity contribution is 6.31. The van der Waals surface area contributed by atoms with Gasteiger partial charge in [-0.15, -0.1) is 13.2 Å². The van der Waals surface area contributed by atoms with Crippen LogP contribution in [-0.2, 0) is 5.41 Å². The number of carbonyl (C=O) groups is 1. The van der Waals surface area contributed by atoms with E-state index in [1.54, 1.807) is 29.2 Å². The van der Waals surface area contributed by atoms with Gasteiger partial charge in [0.2, 0.25) is 0 Å². The normalized spacial score (nSPS) is 14.0. The fourth-order valence-corrected chi connectivity index (χ4v) is 5.27. The SMILES string of the molecule is CC1(C)CN(c2ccccc2NC(=O)Nc2ccc(OC(F)(F)F)cc2)c2c(O)cc(F)c(-c3ccc(F)c(Cl)c3)c21. The summed E-state index contributed by atoms with van der Waals surface area (Å²) in [6, 6.07) is 15.6. The van der Waals surface area contributed by atoms with Crippen molar-refractivity contribution < 1.29 is 36.6 Å². The fourth-order valence-electron chi connectivity index (χ4n) is 5.09. The smallest absolute Gasteiger partial charge is 0.506 e. The molecule has 1 heterocycles. The first-order valence-electron chi connectivity index (χ1n) is 12.6. The quantitative estimate of drug-likeness (QED) is 0.199. The number of aromatic hydroxyl groups is 1. The molecule has 4 aromatic rings. The topological polar surface area (TPSA) is 73.8 Å². The summed E-state index contributed by atoms with van der Waals surface area (Å²) in [5.74, 6) is -2.12. The molecule has 0 saturated heterocycles. The van der Waals surface area contributed by atoms with Crippen LogP contribution in [0.15, 0.2) is 72.8 Å². The van der Waals surface area contributed by atoms with Gasteiger partial charge in [-0.3, -0.25) is 0 Å². The Bertz CT molecular complexity index is 1680. The molecule has 1 aliphatic rings. The Morgan fingerprint density at radius 1 is 0.976 bits per heavy atom. The Morgan fingerprint density at radius 3 is 2.33 bits per heavy atom. The number of phenols is 1. The van der Waals surface area contributed by atoms with Crippen molar-refractivity contribution in [3.8, 4) is 22.6 Å². The number of amides is 2. The Kier molecular flexibility index (Phi) is 7.40. The van der Waals surface area contributed by atoms with Crippen LogP contribution in [0.3, 0.4) is 0 Å². The number of nitrogens with zero attached hydrogens (tertiary/aromatic N) is 1. The molecule has 12 heteroatoms. The summed E-state index contributed by atoms with van der Waals surface area (Å²) in [4.78, 5) is 14.6. The summed E-state index contributed by atoms with van der Waals surface area (Å²) in [5.41, 5.74) is 1.60. The summed E-state index contributed by atoms with van der Waals surface area (Å²) < 4.78 is 70.4. The molecule has 0 fully saturated rings. The standard InChI is InChI=1S/C30H23ClF5N3O3/c1-29(2)15-39(27-24(40)14-21(33)25(26(27)29)16-7-12-20(32)19(31)13-16)23-6-4-3-5-22(23)38-28(41)37-17-8-10-18(11-9-17)42-30(34,35)36/h3-14,40H,15H2,1-2H3,(H2,37,38,41). The van der Waals surface area contributed by atoms with Gasteiger partial charge in [0, 0.05) is 29.3 Å². The molecule has 5 rings (SSSR count). The summed E-state index contributed by atoms with van der Waals surface area (Å²) in [6.45, 7) is 4.02. The van der Waals surface area contributed by atoms with Crippen molar-refractivity contribution >= 4 is 40.4 Å². The van der Waals surface area contributed by atoms with Gasteiger partial charge >= 0.3 is 12.4 Å². The second-order valence-electron chi connectivity index (χ2n) is 10.2. The summed E-state index contributed by atoms with van der Waals surface area (Å²) >= 11 is 6.00. The number of hydrogen-bond acceptors (Lipinski definition) is 4. The average molecular weight is 604 g/mol. The number of fused-ring (bicyclic) bond motifs is 1. The van der Waals surface area contributed by atoms with E-state index in [-0.39, 0.29) is 28.6 Å². The fraction of sp³-hybridized carbons (Fsp3) is 0.167.